The Hall–Kier alpha value is -1.12. The lowest BCUT2D eigenvalue weighted by Crippen LogP contribution is -1.87. The monoisotopic (exact) mass is 204 g/mol. The maximum atomic E-state index is 9.21. The number of aliphatic hydroxyl groups excluding tert-OH is 1. The molecule has 0 spiro atoms. The minimum atomic E-state index is 0.105. The lowest BCUT2D eigenvalue weighted by Gasteiger charge is -2.05. The second-order valence-electron chi connectivity index (χ2n) is 3.25. The smallest absolute Gasteiger partial charge is 0.0688 e. The third-order valence-electron chi connectivity index (χ3n) is 2.29. The van der Waals surface area contributed by atoms with Gasteiger partial charge in [-0.2, -0.15) is 0 Å². The zero-order chi connectivity index (χ0) is 9.97. The second kappa shape index (κ2) is 3.95. The van der Waals surface area contributed by atoms with E-state index in [0.29, 0.717) is 0 Å². The van der Waals surface area contributed by atoms with Crippen LogP contribution in [0.2, 0.25) is 0 Å². The van der Waals surface area contributed by atoms with Gasteiger partial charge in [0.05, 0.1) is 6.61 Å². The number of benzene rings is 1. The van der Waals surface area contributed by atoms with Crippen molar-refractivity contribution in [3.63, 3.8) is 0 Å². The quantitative estimate of drug-likeness (QED) is 0.796. The molecular weight excluding hydrogens is 192 g/mol. The first kappa shape index (κ1) is 9.44. The van der Waals surface area contributed by atoms with Gasteiger partial charge in [0.1, 0.15) is 0 Å². The highest BCUT2D eigenvalue weighted by atomic mass is 32.1. The van der Waals surface area contributed by atoms with E-state index in [-0.39, 0.29) is 6.61 Å². The Kier molecular flexibility index (Phi) is 2.66. The number of aliphatic hydroxyl groups is 1. The van der Waals surface area contributed by atoms with E-state index < -0.39 is 0 Å². The van der Waals surface area contributed by atoms with Crippen molar-refractivity contribution < 1.29 is 5.11 Å². The minimum absolute atomic E-state index is 0.105. The Morgan fingerprint density at radius 2 is 2.00 bits per heavy atom. The summed E-state index contributed by atoms with van der Waals surface area (Å²) >= 11 is 1.72. The van der Waals surface area contributed by atoms with Crippen LogP contribution in [0.25, 0.3) is 10.4 Å². The fourth-order valence-corrected chi connectivity index (χ4v) is 2.52. The third kappa shape index (κ3) is 1.59. The lowest BCUT2D eigenvalue weighted by atomic mass is 10.0. The number of aryl methyl sites for hydroxylation is 1. The molecule has 0 unspecified atom stereocenters. The minimum Gasteiger partial charge on any atom is -0.392 e. The Morgan fingerprint density at radius 3 is 2.64 bits per heavy atom. The van der Waals surface area contributed by atoms with E-state index in [4.69, 9.17) is 0 Å². The van der Waals surface area contributed by atoms with E-state index >= 15 is 0 Å². The van der Waals surface area contributed by atoms with Crippen molar-refractivity contribution in [1.29, 1.82) is 0 Å². The van der Waals surface area contributed by atoms with Crippen molar-refractivity contribution in [2.75, 3.05) is 0 Å². The molecule has 0 atom stereocenters. The molecule has 1 aromatic heterocycles. The third-order valence-corrected chi connectivity index (χ3v) is 3.34. The summed E-state index contributed by atoms with van der Waals surface area (Å²) in [6, 6.07) is 10.1. The Labute approximate surface area is 87.7 Å². The molecule has 72 valence electrons. The van der Waals surface area contributed by atoms with Gasteiger partial charge in [0.15, 0.2) is 0 Å². The average Bonchev–Trinajstić information content (AvgIpc) is 2.64. The van der Waals surface area contributed by atoms with Crippen LogP contribution in [0.3, 0.4) is 0 Å². The van der Waals surface area contributed by atoms with E-state index in [1.54, 1.807) is 11.3 Å². The zero-order valence-electron chi connectivity index (χ0n) is 8.03. The predicted octanol–water partition coefficient (Wildman–Crippen LogP) is 3.22. The van der Waals surface area contributed by atoms with Gasteiger partial charge in [-0.25, -0.2) is 0 Å². The van der Waals surface area contributed by atoms with Crippen molar-refractivity contribution in [2.45, 2.75) is 13.5 Å². The van der Waals surface area contributed by atoms with Crippen LogP contribution in [0.1, 0.15) is 11.1 Å². The second-order valence-corrected chi connectivity index (χ2v) is 4.16. The van der Waals surface area contributed by atoms with Crippen LogP contribution >= 0.6 is 11.3 Å². The Balaban J connectivity index is 2.56. The molecule has 1 heterocycles. The van der Waals surface area contributed by atoms with Crippen molar-refractivity contribution in [3.05, 3.63) is 46.8 Å². The summed E-state index contributed by atoms with van der Waals surface area (Å²) in [5.41, 5.74) is 3.43. The van der Waals surface area contributed by atoms with Crippen molar-refractivity contribution in [1.82, 2.24) is 0 Å². The molecule has 0 bridgehead atoms. The molecule has 0 amide bonds. The molecule has 2 rings (SSSR count). The fourth-order valence-electron chi connectivity index (χ4n) is 1.53. The summed E-state index contributed by atoms with van der Waals surface area (Å²) in [7, 11) is 0. The van der Waals surface area contributed by atoms with Gasteiger partial charge in [0.25, 0.3) is 0 Å². The molecule has 1 N–H and O–H groups in total. The Morgan fingerprint density at radius 1 is 1.21 bits per heavy atom. The van der Waals surface area contributed by atoms with Crippen LogP contribution in [-0.2, 0) is 6.61 Å². The molecule has 14 heavy (non-hydrogen) atoms. The molecule has 0 aliphatic heterocycles. The first-order valence-corrected chi connectivity index (χ1v) is 5.44. The molecule has 0 saturated heterocycles. The Bertz CT molecular complexity index is 431. The lowest BCUT2D eigenvalue weighted by molar-refractivity contribution is 0.282. The largest absolute Gasteiger partial charge is 0.392 e. The average molecular weight is 204 g/mol. The molecule has 0 radical (unpaired) electrons. The molecule has 0 aliphatic rings. The van der Waals surface area contributed by atoms with Crippen LogP contribution in [0, 0.1) is 6.92 Å². The van der Waals surface area contributed by atoms with E-state index in [0.717, 1.165) is 11.1 Å². The zero-order valence-corrected chi connectivity index (χ0v) is 8.84. The number of thiophene rings is 1. The summed E-state index contributed by atoms with van der Waals surface area (Å²) < 4.78 is 0. The maximum Gasteiger partial charge on any atom is 0.0688 e. The highest BCUT2D eigenvalue weighted by Gasteiger charge is 2.06. The summed E-state index contributed by atoms with van der Waals surface area (Å²) in [5.74, 6) is 0. The summed E-state index contributed by atoms with van der Waals surface area (Å²) in [6.07, 6.45) is 0. The molecule has 1 aromatic carbocycles. The summed E-state index contributed by atoms with van der Waals surface area (Å²) in [6.45, 7) is 2.20. The van der Waals surface area contributed by atoms with Crippen LogP contribution < -0.4 is 0 Å². The van der Waals surface area contributed by atoms with Crippen molar-refractivity contribution >= 4 is 11.3 Å². The van der Waals surface area contributed by atoms with Gasteiger partial charge in [-0.15, -0.1) is 11.3 Å². The topological polar surface area (TPSA) is 20.2 Å². The van der Waals surface area contributed by atoms with Crippen LogP contribution in [0.4, 0.5) is 0 Å². The SMILES string of the molecule is Cc1ccsc1-c1ccccc1CO. The summed E-state index contributed by atoms with van der Waals surface area (Å²) in [4.78, 5) is 1.26. The normalized spacial score (nSPS) is 10.4. The summed E-state index contributed by atoms with van der Waals surface area (Å²) in [5, 5.41) is 11.3. The van der Waals surface area contributed by atoms with Crippen molar-refractivity contribution in [3.8, 4) is 10.4 Å². The van der Waals surface area contributed by atoms with Gasteiger partial charge in [-0.3, -0.25) is 0 Å². The van der Waals surface area contributed by atoms with Gasteiger partial charge in [-0.05, 0) is 35.1 Å². The van der Waals surface area contributed by atoms with Crippen LogP contribution in [-0.4, -0.2) is 5.11 Å². The fraction of sp³-hybridized carbons (Fsp3) is 0.167. The first-order valence-electron chi connectivity index (χ1n) is 4.56. The number of hydrogen-bond acceptors (Lipinski definition) is 2. The highest BCUT2D eigenvalue weighted by Crippen LogP contribution is 2.31. The standard InChI is InChI=1S/C12H12OS/c1-9-6-7-14-12(9)11-5-3-2-4-10(11)8-13/h2-7,13H,8H2,1H3. The van der Waals surface area contributed by atoms with Gasteiger partial charge in [0.2, 0.25) is 0 Å². The van der Waals surface area contributed by atoms with Gasteiger partial charge in [-0.1, -0.05) is 24.3 Å². The van der Waals surface area contributed by atoms with Gasteiger partial charge >= 0.3 is 0 Å². The molecular formula is C12H12OS. The van der Waals surface area contributed by atoms with E-state index in [1.165, 1.54) is 10.4 Å². The van der Waals surface area contributed by atoms with Crippen LogP contribution in [0.5, 0.6) is 0 Å². The molecule has 0 fully saturated rings. The van der Waals surface area contributed by atoms with E-state index in [1.807, 2.05) is 18.2 Å². The molecule has 2 aromatic rings. The molecule has 2 heteroatoms. The maximum absolute atomic E-state index is 9.21. The molecule has 0 saturated carbocycles. The number of hydrogen-bond donors (Lipinski definition) is 1. The van der Waals surface area contributed by atoms with Crippen molar-refractivity contribution in [2.24, 2.45) is 0 Å². The predicted molar refractivity (Wildman–Crippen MR) is 60.4 cm³/mol. The molecule has 1 nitrogen and oxygen atoms in total. The van der Waals surface area contributed by atoms with E-state index in [2.05, 4.69) is 24.4 Å². The first-order chi connectivity index (χ1) is 6.83. The highest BCUT2D eigenvalue weighted by molar-refractivity contribution is 7.13. The number of rotatable bonds is 2. The molecule has 0 aliphatic carbocycles. The van der Waals surface area contributed by atoms with Gasteiger partial charge < -0.3 is 5.11 Å². The van der Waals surface area contributed by atoms with Gasteiger partial charge in [0, 0.05) is 4.88 Å². The van der Waals surface area contributed by atoms with E-state index in [9.17, 15) is 5.11 Å². The van der Waals surface area contributed by atoms with Crippen LogP contribution in [0.15, 0.2) is 35.7 Å².